The summed E-state index contributed by atoms with van der Waals surface area (Å²) in [6.07, 6.45) is 6.89. The highest BCUT2D eigenvalue weighted by Crippen LogP contribution is 2.32. The molecule has 33 heavy (non-hydrogen) atoms. The number of anilines is 1. The maximum absolute atomic E-state index is 12.5. The number of nitrogens with zero attached hydrogens (tertiary/aromatic N) is 1. The molecule has 0 radical (unpaired) electrons. The molecule has 3 N–H and O–H groups in total. The number of thiazole rings is 1. The number of nitrogens with one attached hydrogen (secondary N) is 2. The van der Waals surface area contributed by atoms with Crippen LogP contribution in [0.15, 0.2) is 30.5 Å². The second kappa shape index (κ2) is 11.2. The van der Waals surface area contributed by atoms with E-state index in [9.17, 15) is 14.7 Å². The third-order valence-corrected chi connectivity index (χ3v) is 6.81. The summed E-state index contributed by atoms with van der Waals surface area (Å²) in [5.41, 5.74) is 1.53. The zero-order valence-electron chi connectivity index (χ0n) is 19.9. The van der Waals surface area contributed by atoms with Crippen molar-refractivity contribution in [3.63, 3.8) is 0 Å². The topological polar surface area (TPSA) is 101 Å². The van der Waals surface area contributed by atoms with E-state index in [2.05, 4.69) is 21.7 Å². The highest BCUT2D eigenvalue weighted by molar-refractivity contribution is 7.19. The Hall–Kier alpha value is -2.29. The Bertz CT molecular complexity index is 947. The molecule has 1 aliphatic carbocycles. The molecule has 1 aromatic carbocycles. The summed E-state index contributed by atoms with van der Waals surface area (Å²) in [5, 5.41) is 15.9. The first-order valence-electron chi connectivity index (χ1n) is 11.6. The lowest BCUT2D eigenvalue weighted by atomic mass is 9.88. The van der Waals surface area contributed by atoms with Gasteiger partial charge in [-0.2, -0.15) is 0 Å². The van der Waals surface area contributed by atoms with E-state index in [0.717, 1.165) is 28.8 Å². The Morgan fingerprint density at radius 2 is 1.88 bits per heavy atom. The van der Waals surface area contributed by atoms with Gasteiger partial charge in [0.25, 0.3) is 0 Å². The van der Waals surface area contributed by atoms with Gasteiger partial charge in [-0.25, -0.2) is 4.98 Å². The Kier molecular flexibility index (Phi) is 8.62. The van der Waals surface area contributed by atoms with Gasteiger partial charge < -0.3 is 20.5 Å². The lowest BCUT2D eigenvalue weighted by molar-refractivity contribution is -0.137. The van der Waals surface area contributed by atoms with Crippen LogP contribution in [0.4, 0.5) is 5.13 Å². The summed E-state index contributed by atoms with van der Waals surface area (Å²) in [6, 6.07) is 7.28. The minimum absolute atomic E-state index is 0.330. The number of rotatable bonds is 8. The van der Waals surface area contributed by atoms with Crippen molar-refractivity contribution in [3.8, 4) is 10.4 Å². The van der Waals surface area contributed by atoms with Crippen LogP contribution in [-0.2, 0) is 20.9 Å². The molecule has 3 rings (SSSR count). The summed E-state index contributed by atoms with van der Waals surface area (Å²) in [5.74, 6) is -0.962. The molecule has 180 valence electrons. The molecule has 1 fully saturated rings. The summed E-state index contributed by atoms with van der Waals surface area (Å²) in [4.78, 5) is 30.0. The second-order valence-corrected chi connectivity index (χ2v) is 10.8. The van der Waals surface area contributed by atoms with Crippen LogP contribution in [0.25, 0.3) is 10.4 Å². The lowest BCUT2D eigenvalue weighted by Gasteiger charge is -2.26. The summed E-state index contributed by atoms with van der Waals surface area (Å²) >= 11 is 1.38. The molecule has 0 bridgehead atoms. The minimum atomic E-state index is -1.20. The van der Waals surface area contributed by atoms with E-state index in [0.29, 0.717) is 17.8 Å². The van der Waals surface area contributed by atoms with Gasteiger partial charge in [0.05, 0.1) is 17.6 Å². The molecule has 1 heterocycles. The van der Waals surface area contributed by atoms with Crippen molar-refractivity contribution < 1.29 is 19.4 Å². The number of hydrogen-bond acceptors (Lipinski definition) is 6. The van der Waals surface area contributed by atoms with Crippen LogP contribution < -0.4 is 10.6 Å². The molecule has 8 heteroatoms. The first-order valence-corrected chi connectivity index (χ1v) is 12.4. The van der Waals surface area contributed by atoms with Crippen molar-refractivity contribution in [2.24, 2.45) is 5.41 Å². The van der Waals surface area contributed by atoms with Crippen molar-refractivity contribution in [1.82, 2.24) is 10.3 Å². The van der Waals surface area contributed by atoms with E-state index in [-0.39, 0.29) is 5.91 Å². The molecular formula is C25H35N3O4S. The van der Waals surface area contributed by atoms with E-state index in [1.807, 2.05) is 18.2 Å². The third kappa shape index (κ3) is 7.09. The molecule has 0 saturated heterocycles. The number of carbonyl (C=O) groups excluding carboxylic acids is 2. The number of aliphatic hydroxyl groups is 1. The highest BCUT2D eigenvalue weighted by atomic mass is 32.1. The Morgan fingerprint density at radius 1 is 1.18 bits per heavy atom. The molecule has 1 aliphatic rings. The largest absolute Gasteiger partial charge is 0.383 e. The summed E-state index contributed by atoms with van der Waals surface area (Å²) in [6.45, 7) is 7.42. The van der Waals surface area contributed by atoms with Crippen LogP contribution in [0.5, 0.6) is 0 Å². The highest BCUT2D eigenvalue weighted by Gasteiger charge is 2.31. The quantitative estimate of drug-likeness (QED) is 0.524. The maximum atomic E-state index is 12.5. The zero-order chi connectivity index (χ0) is 24.0. The third-order valence-electron chi connectivity index (χ3n) is 5.87. The molecule has 2 aromatic rings. The summed E-state index contributed by atoms with van der Waals surface area (Å²) < 4.78 is 6.17. The molecule has 2 atom stereocenters. The summed E-state index contributed by atoms with van der Waals surface area (Å²) in [7, 11) is 0. The van der Waals surface area contributed by atoms with Crippen LogP contribution >= 0.6 is 11.3 Å². The van der Waals surface area contributed by atoms with Crippen molar-refractivity contribution >= 4 is 28.3 Å². The average Bonchev–Trinajstić information content (AvgIpc) is 3.25. The van der Waals surface area contributed by atoms with Gasteiger partial charge in [0, 0.05) is 6.20 Å². The van der Waals surface area contributed by atoms with Gasteiger partial charge >= 0.3 is 0 Å². The first kappa shape index (κ1) is 25.3. The van der Waals surface area contributed by atoms with Gasteiger partial charge in [0.15, 0.2) is 5.13 Å². The van der Waals surface area contributed by atoms with Crippen LogP contribution in [0.3, 0.4) is 0 Å². The number of aromatic nitrogens is 1. The lowest BCUT2D eigenvalue weighted by Crippen LogP contribution is -2.49. The Labute approximate surface area is 200 Å². The fourth-order valence-electron chi connectivity index (χ4n) is 3.75. The van der Waals surface area contributed by atoms with Crippen LogP contribution in [0, 0.1) is 5.41 Å². The van der Waals surface area contributed by atoms with E-state index < -0.39 is 23.5 Å². The Balaban J connectivity index is 1.60. The van der Waals surface area contributed by atoms with Crippen LogP contribution in [0.2, 0.25) is 0 Å². The Morgan fingerprint density at radius 3 is 2.58 bits per heavy atom. The molecular weight excluding hydrogens is 438 g/mol. The fraction of sp³-hybridized carbons (Fsp3) is 0.560. The predicted octanol–water partition coefficient (Wildman–Crippen LogP) is 4.51. The SMILES string of the molecule is C[C@H](NC(=O)[C@@H](O)C(C)(C)C)C(=O)Nc1ncc(-c2ccccc2COC2CCCCC2)s1. The number of hydrogen-bond donors (Lipinski definition) is 3. The number of amides is 2. The van der Waals surface area contributed by atoms with Crippen LogP contribution in [0.1, 0.15) is 65.4 Å². The number of ether oxygens (including phenoxy) is 1. The van der Waals surface area contributed by atoms with Crippen molar-refractivity contribution in [2.45, 2.75) is 84.7 Å². The molecule has 0 spiro atoms. The smallest absolute Gasteiger partial charge is 0.250 e. The van der Waals surface area contributed by atoms with Crippen molar-refractivity contribution in [1.29, 1.82) is 0 Å². The molecule has 0 unspecified atom stereocenters. The van der Waals surface area contributed by atoms with E-state index >= 15 is 0 Å². The van der Waals surface area contributed by atoms with Crippen molar-refractivity contribution in [3.05, 3.63) is 36.0 Å². The maximum Gasteiger partial charge on any atom is 0.250 e. The van der Waals surface area contributed by atoms with Crippen LogP contribution in [-0.4, -0.2) is 40.2 Å². The van der Waals surface area contributed by atoms with Gasteiger partial charge in [0.1, 0.15) is 12.1 Å². The number of carbonyl (C=O) groups is 2. The van der Waals surface area contributed by atoms with E-state index in [1.165, 1.54) is 30.6 Å². The number of benzene rings is 1. The van der Waals surface area contributed by atoms with Gasteiger partial charge in [0.2, 0.25) is 11.8 Å². The molecule has 1 saturated carbocycles. The second-order valence-electron chi connectivity index (χ2n) is 9.75. The first-order chi connectivity index (χ1) is 15.6. The average molecular weight is 474 g/mol. The fourth-order valence-corrected chi connectivity index (χ4v) is 4.63. The van der Waals surface area contributed by atoms with Gasteiger partial charge in [-0.05, 0) is 36.3 Å². The van der Waals surface area contributed by atoms with Crippen molar-refractivity contribution in [2.75, 3.05) is 5.32 Å². The molecule has 2 amide bonds. The minimum Gasteiger partial charge on any atom is -0.383 e. The zero-order valence-corrected chi connectivity index (χ0v) is 20.7. The molecule has 1 aromatic heterocycles. The van der Waals surface area contributed by atoms with E-state index in [4.69, 9.17) is 4.74 Å². The predicted molar refractivity (Wildman–Crippen MR) is 131 cm³/mol. The van der Waals surface area contributed by atoms with E-state index in [1.54, 1.807) is 33.9 Å². The normalized spacial score (nSPS) is 16.8. The van der Waals surface area contributed by atoms with Gasteiger partial charge in [-0.15, -0.1) is 0 Å². The monoisotopic (exact) mass is 473 g/mol. The molecule has 7 nitrogen and oxygen atoms in total. The van der Waals surface area contributed by atoms with Gasteiger partial charge in [-0.1, -0.05) is 75.6 Å². The molecule has 0 aliphatic heterocycles. The van der Waals surface area contributed by atoms with Gasteiger partial charge in [-0.3, -0.25) is 9.59 Å². The standard InChI is InChI=1S/C25H35N3O4S/c1-16(27-23(31)21(29)25(2,3)4)22(30)28-24-26-14-20(33-24)19-13-9-8-10-17(19)15-32-18-11-6-5-7-12-18/h8-10,13-14,16,18,21,29H,5-7,11-12,15H2,1-4H3,(H,27,31)(H,26,28,30)/t16-,21+/m0/s1. The number of aliphatic hydroxyl groups excluding tert-OH is 1.